The van der Waals surface area contributed by atoms with Gasteiger partial charge in [-0.2, -0.15) is 6.42 Å². The van der Waals surface area contributed by atoms with E-state index in [1.165, 1.54) is 219 Å². The van der Waals surface area contributed by atoms with Gasteiger partial charge in [0.2, 0.25) is 0 Å². The Labute approximate surface area is 379 Å². The third-order valence-electron chi connectivity index (χ3n) is 11.0. The van der Waals surface area contributed by atoms with Crippen molar-refractivity contribution in [2.75, 3.05) is 40.0 Å². The fourth-order valence-corrected chi connectivity index (χ4v) is 7.17. The molecule has 337 valence electrons. The van der Waals surface area contributed by atoms with Gasteiger partial charge in [-0.3, -0.25) is 0 Å². The van der Waals surface area contributed by atoms with Gasteiger partial charge in [0.1, 0.15) is 6.29 Å². The Bertz CT molecular complexity index is 655. The van der Waals surface area contributed by atoms with Crippen LogP contribution in [0.2, 0.25) is 0 Å². The molecule has 0 aliphatic heterocycles. The van der Waals surface area contributed by atoms with Crippen LogP contribution in [0.15, 0.2) is 0 Å². The van der Waals surface area contributed by atoms with Crippen molar-refractivity contribution in [3.63, 3.8) is 0 Å². The molecule has 0 aromatic carbocycles. The second-order valence-corrected chi connectivity index (χ2v) is 16.7. The normalized spacial score (nSPS) is 12.0. The molecule has 5 nitrogen and oxygen atoms in total. The minimum Gasteiger partial charge on any atom is -0.396 e. The minimum absolute atomic E-state index is 0. The van der Waals surface area contributed by atoms with E-state index in [-0.39, 0.29) is 38.8 Å². The second kappa shape index (κ2) is 59.9. The van der Waals surface area contributed by atoms with Gasteiger partial charge in [-0.15, -0.1) is 0 Å². The van der Waals surface area contributed by atoms with Gasteiger partial charge < -0.3 is 31.6 Å². The van der Waals surface area contributed by atoms with Crippen molar-refractivity contribution >= 4 is 6.29 Å². The fourth-order valence-electron chi connectivity index (χ4n) is 7.17. The number of hydrogen-bond donors (Lipinski definition) is 2. The van der Waals surface area contributed by atoms with Crippen LogP contribution in [0.4, 0.5) is 0 Å². The first-order valence-corrected chi connectivity index (χ1v) is 24.8. The van der Waals surface area contributed by atoms with Gasteiger partial charge in [0.15, 0.2) is 0 Å². The zero-order chi connectivity index (χ0) is 41.1. The second-order valence-electron chi connectivity index (χ2n) is 16.7. The molecule has 0 bridgehead atoms. The molecular formula is C50H104NO4Y-. The number of rotatable bonds is 43. The molecule has 0 saturated heterocycles. The van der Waals surface area contributed by atoms with Crippen molar-refractivity contribution in [3.8, 4) is 0 Å². The van der Waals surface area contributed by atoms with Crippen LogP contribution in [0.5, 0.6) is 0 Å². The molecule has 6 heteroatoms. The first kappa shape index (κ1) is 63.3. The largest absolute Gasteiger partial charge is 0.396 e. The molecule has 0 rings (SSSR count). The molecule has 2 atom stereocenters. The Hall–Kier alpha value is 0.614. The number of aliphatic hydroxyl groups is 2. The fraction of sp³-hybridized carbons (Fsp3) is 0.960. The predicted octanol–water partition coefficient (Wildman–Crippen LogP) is 15.0. The number of methoxy groups -OCH3 is 1. The van der Waals surface area contributed by atoms with Crippen molar-refractivity contribution in [2.45, 2.75) is 265 Å². The molecule has 2 unspecified atom stereocenters. The van der Waals surface area contributed by atoms with Crippen LogP contribution in [-0.4, -0.2) is 67.5 Å². The summed E-state index contributed by atoms with van der Waals surface area (Å²) in [6.45, 7) is 17.9. The minimum atomic E-state index is -0.0250. The van der Waals surface area contributed by atoms with Crippen LogP contribution < -0.4 is 0 Å². The maximum Gasteiger partial charge on any atom is 0.123 e. The average Bonchev–Trinajstić information content (AvgIpc) is 3.20. The zero-order valence-electron chi connectivity index (χ0n) is 39.2. The van der Waals surface area contributed by atoms with E-state index in [4.69, 9.17) is 9.84 Å². The van der Waals surface area contributed by atoms with Gasteiger partial charge >= 0.3 is 0 Å². The van der Waals surface area contributed by atoms with Crippen LogP contribution in [0, 0.1) is 12.8 Å². The van der Waals surface area contributed by atoms with Crippen molar-refractivity contribution in [1.29, 1.82) is 0 Å². The van der Waals surface area contributed by atoms with Gasteiger partial charge in [-0.05, 0) is 77.4 Å². The molecular weight excluding hydrogens is 767 g/mol. The van der Waals surface area contributed by atoms with E-state index < -0.39 is 0 Å². The molecule has 0 aliphatic rings. The van der Waals surface area contributed by atoms with Gasteiger partial charge in [0.25, 0.3) is 0 Å². The number of carbonyl (C=O) groups is 1. The molecule has 56 heavy (non-hydrogen) atoms. The quantitative estimate of drug-likeness (QED) is 0.0363. The summed E-state index contributed by atoms with van der Waals surface area (Å²) in [6, 6.07) is 0. The molecule has 0 heterocycles. The van der Waals surface area contributed by atoms with Gasteiger partial charge in [-0.25, -0.2) is 0 Å². The van der Waals surface area contributed by atoms with E-state index in [0.717, 1.165) is 45.1 Å². The van der Waals surface area contributed by atoms with E-state index >= 15 is 0 Å². The number of ether oxygens (including phenoxy) is 1. The molecule has 0 fully saturated rings. The van der Waals surface area contributed by atoms with Crippen molar-refractivity contribution < 1.29 is 52.5 Å². The average molecular weight is 872 g/mol. The summed E-state index contributed by atoms with van der Waals surface area (Å²) in [6.07, 6.45) is 46.4. The molecule has 2 N–H and O–H groups in total. The van der Waals surface area contributed by atoms with Crippen LogP contribution in [0.1, 0.15) is 259 Å². The first-order chi connectivity index (χ1) is 27.0. The zero-order valence-corrected chi connectivity index (χ0v) is 42.0. The Morgan fingerprint density at radius 1 is 0.500 bits per heavy atom. The number of aldehydes is 1. The van der Waals surface area contributed by atoms with E-state index in [0.29, 0.717) is 12.5 Å². The van der Waals surface area contributed by atoms with Crippen LogP contribution in [0.3, 0.4) is 0 Å². The summed E-state index contributed by atoms with van der Waals surface area (Å²) in [7, 11) is 1.78. The first-order valence-electron chi connectivity index (χ1n) is 24.8. The van der Waals surface area contributed by atoms with Gasteiger partial charge in [0, 0.05) is 59.0 Å². The van der Waals surface area contributed by atoms with Crippen molar-refractivity contribution in [3.05, 3.63) is 6.92 Å². The summed E-state index contributed by atoms with van der Waals surface area (Å²) in [5, 5.41) is 18.6. The summed E-state index contributed by atoms with van der Waals surface area (Å²) >= 11 is 0. The van der Waals surface area contributed by atoms with Crippen LogP contribution in [-0.2, 0) is 42.2 Å². The predicted molar refractivity (Wildman–Crippen MR) is 245 cm³/mol. The van der Waals surface area contributed by atoms with Gasteiger partial charge in [0.05, 0.1) is 6.10 Å². The Balaban J connectivity index is -0.000000365. The molecule has 0 aromatic heterocycles. The van der Waals surface area contributed by atoms with Crippen molar-refractivity contribution in [1.82, 2.24) is 4.90 Å². The smallest absolute Gasteiger partial charge is 0.123 e. The summed E-state index contributed by atoms with van der Waals surface area (Å²) in [5.74, 6) is 0.345. The summed E-state index contributed by atoms with van der Waals surface area (Å²) in [4.78, 5) is 13.6. The van der Waals surface area contributed by atoms with Crippen LogP contribution >= 0.6 is 0 Å². The molecule has 0 aliphatic carbocycles. The number of unbranched alkanes of at least 4 members (excludes halogenated alkanes) is 25. The van der Waals surface area contributed by atoms with Gasteiger partial charge in [-0.1, -0.05) is 195 Å². The topological polar surface area (TPSA) is 70.0 Å². The molecule has 1 radical (unpaired) electrons. The third-order valence-corrected chi connectivity index (χ3v) is 11.0. The maximum absolute atomic E-state index is 10.9. The van der Waals surface area contributed by atoms with E-state index in [1.54, 1.807) is 7.11 Å². The monoisotopic (exact) mass is 872 g/mol. The third kappa shape index (κ3) is 58.9. The maximum atomic E-state index is 10.9. The molecule has 0 saturated carbocycles. The number of aliphatic hydroxyl groups excluding tert-OH is 2. The van der Waals surface area contributed by atoms with Crippen molar-refractivity contribution in [2.24, 2.45) is 5.92 Å². The Morgan fingerprint density at radius 3 is 1.23 bits per heavy atom. The standard InChI is InChI=1S/C19H40NO2.C16H32O.C15H32O.Y/c1-3-4-5-10-15-20(16-11-6-8-13-18-21)17-12-7-9-14-19-22-2;1-3-5-7-9-10-12-14-16(15-17)13-11-8-6-4-2;1-3-5-7-9-10-12-14-15(16)13-11-8-6-4-2;/h21H,1,3-19H2,2H3;15-16H,3-14H2,1-2H3;15-16H,3-14H2,1-2H3;/q-1;;;. The summed E-state index contributed by atoms with van der Waals surface area (Å²) < 4.78 is 5.10. The molecule has 0 amide bonds. The Kier molecular flexibility index (Phi) is 67.7. The molecule has 0 aromatic rings. The summed E-state index contributed by atoms with van der Waals surface area (Å²) in [5.41, 5.74) is 0. The van der Waals surface area contributed by atoms with E-state index in [9.17, 15) is 9.90 Å². The number of nitrogens with zero attached hydrogens (tertiary/aromatic N) is 1. The Morgan fingerprint density at radius 2 is 0.839 bits per heavy atom. The number of carbonyl (C=O) groups excluding carboxylic acids is 1. The molecule has 0 spiro atoms. The van der Waals surface area contributed by atoms with E-state index in [1.807, 2.05) is 0 Å². The number of hydrogen-bond acceptors (Lipinski definition) is 5. The van der Waals surface area contributed by atoms with E-state index in [2.05, 4.69) is 39.5 Å². The SMILES string of the molecule is CCCCCCCCC(C=O)CCCCCC.CCCCCCCCC(O)CCCCCC.[CH2-]CCCCCN(CCCCCCO)CCCCCCOC.[Y]. The van der Waals surface area contributed by atoms with Crippen LogP contribution in [0.25, 0.3) is 0 Å².